The maximum atomic E-state index is 14.0. The number of halogens is 5. The molecule has 3 aliphatic rings. The number of aromatic nitrogens is 6. The minimum absolute atomic E-state index is 0.0767. The van der Waals surface area contributed by atoms with Crippen LogP contribution < -0.4 is 37.2 Å². The first-order valence-corrected chi connectivity index (χ1v) is 39.8. The summed E-state index contributed by atoms with van der Waals surface area (Å²) in [5.41, 5.74) is 5.67. The highest BCUT2D eigenvalue weighted by atomic mass is 19.1. The summed E-state index contributed by atoms with van der Waals surface area (Å²) in [6, 6.07) is 18.5. The van der Waals surface area contributed by atoms with E-state index in [4.69, 9.17) is 0 Å². The lowest BCUT2D eigenvalue weighted by molar-refractivity contribution is -0.119. The van der Waals surface area contributed by atoms with E-state index in [1.165, 1.54) is 87.6 Å². The molecule has 0 saturated carbocycles. The van der Waals surface area contributed by atoms with Crippen molar-refractivity contribution in [3.05, 3.63) is 227 Å². The summed E-state index contributed by atoms with van der Waals surface area (Å²) in [5.74, 6) is -8.07. The van der Waals surface area contributed by atoms with Gasteiger partial charge in [0.25, 0.3) is 64.6 Å². The maximum Gasteiger partial charge on any atom is 0.321 e. The number of urea groups is 1. The lowest BCUT2D eigenvalue weighted by Gasteiger charge is -2.39. The standard InChI is InChI=1S/C31H35F2N5O4.C30H36F2N6O4.C28H32FN5O4/c1-17-7-8-22(16-24(17)33)35-30(42)38-13-11-31(5,12-14-38)36-29(41)27(39)26-19(3)25(20(4)37(26)6)28(40)34-21-9-10-23(32)18(2)15-21;1-16-14-20(8-9-22(16)32)33-27(40)23-17(2)25(37(7)19(23)4)26(39)28(41)34-30(5)10-12-38(13-11-30)29(42)21-15-36(6)35-24(21)18(3)31;1-16-14-20(6-7-21(16)29)31-25(36)22-17(2)23(33(5)18(22)3)24(35)26(37)32-28(4)9-12-34(13-10-28)27(38)19-8-11-30-15-19/h7-10,15-16H,11-14H2,1-6H3,(H,34,40)(H,35,42)(H,36,41);8-9,14-15,18H,10-13H2,1-7H3,(H,33,40)(H,34,41);6-8,11,14-15,30H,9-10,12-13H2,1-5H3,(H,31,36)(H,32,37). The van der Waals surface area contributed by atoms with Gasteiger partial charge in [-0.3, -0.25) is 57.4 Å². The topological polar surface area (TPSA) is 347 Å². The maximum absolute atomic E-state index is 14.0. The number of hydrogen-bond donors (Lipinski definition) is 8. The average molecular weight is 1680 g/mol. The third kappa shape index (κ3) is 20.0. The molecule has 3 aliphatic heterocycles. The van der Waals surface area contributed by atoms with Crippen LogP contribution in [0.25, 0.3) is 0 Å². The minimum Gasteiger partial charge on any atom is -0.367 e. The van der Waals surface area contributed by atoms with Crippen molar-refractivity contribution in [2.24, 2.45) is 28.2 Å². The normalized spacial score (nSPS) is 14.8. The third-order valence-electron chi connectivity index (χ3n) is 23.4. The van der Waals surface area contributed by atoms with E-state index in [1.807, 2.05) is 20.8 Å². The van der Waals surface area contributed by atoms with E-state index in [0.29, 0.717) is 162 Å². The Morgan fingerprint density at radius 3 is 1.07 bits per heavy atom. The van der Waals surface area contributed by atoms with Gasteiger partial charge >= 0.3 is 6.03 Å². The quantitative estimate of drug-likeness (QED) is 0.0212. The number of carbonyl (C=O) groups is 12. The molecule has 0 aliphatic carbocycles. The molecule has 3 fully saturated rings. The number of likely N-dealkylation sites (tertiary alicyclic amines) is 3. The Labute approximate surface area is 703 Å². The van der Waals surface area contributed by atoms with Gasteiger partial charge in [-0.1, -0.05) is 6.07 Å². The zero-order valence-corrected chi connectivity index (χ0v) is 71.7. The van der Waals surface area contributed by atoms with Gasteiger partial charge < -0.3 is 70.6 Å². The van der Waals surface area contributed by atoms with Crippen molar-refractivity contribution in [2.75, 3.05) is 60.5 Å². The Balaban J connectivity index is 0.000000192. The summed E-state index contributed by atoms with van der Waals surface area (Å²) in [6.07, 6.45) is 6.01. The molecule has 12 rings (SSSR count). The van der Waals surface area contributed by atoms with Crippen LogP contribution in [0.15, 0.2) is 97.5 Å². The number of carbonyl (C=O) groups excluding carboxylic acids is 12. The molecule has 646 valence electrons. The van der Waals surface area contributed by atoms with E-state index in [2.05, 4.69) is 47.3 Å². The number of ketones is 3. The van der Waals surface area contributed by atoms with Crippen molar-refractivity contribution >= 4 is 93.4 Å². The number of H-pyrrole nitrogens is 1. The summed E-state index contributed by atoms with van der Waals surface area (Å²) in [4.78, 5) is 165. The van der Waals surface area contributed by atoms with Crippen LogP contribution >= 0.6 is 0 Å². The SMILES string of the molecule is Cc1cc(NC(=O)c2c(C)c(C(=O)C(=O)NC3(C)CCN(C(=O)Nc4ccc(C)c(F)c4)CC3)n(C)c2C)ccc1F.Cc1cc(NC(=O)c2c(C)c(C(=O)C(=O)NC3(C)CCN(C(=O)c4cc[nH]c4)CC3)n(C)c2C)ccc1F.Cc1cc(NC(=O)c2c(C)c(C(=O)C(=O)NC3(C)CCN(C(=O)c4cn(C)nc4C(C)F)CC3)n(C)c2C)ccc1F. The van der Waals surface area contributed by atoms with Crippen molar-refractivity contribution in [1.82, 2.24) is 59.1 Å². The number of alkyl halides is 1. The summed E-state index contributed by atoms with van der Waals surface area (Å²) in [7, 11) is 6.48. The lowest BCUT2D eigenvalue weighted by atomic mass is 9.89. The minimum atomic E-state index is -1.39. The first-order valence-electron chi connectivity index (χ1n) is 39.8. The van der Waals surface area contributed by atoms with Gasteiger partial charge in [-0.25, -0.2) is 26.7 Å². The Bertz CT molecular complexity index is 5670. The van der Waals surface area contributed by atoms with Gasteiger partial charge in [-0.15, -0.1) is 0 Å². The molecular formula is C89H103F5N16O12. The van der Waals surface area contributed by atoms with Crippen molar-refractivity contribution < 1.29 is 79.5 Å². The molecule has 28 nitrogen and oxygen atoms in total. The fraction of sp³-hybridized carbons (Fsp3) is 0.382. The van der Waals surface area contributed by atoms with Crippen LogP contribution in [-0.2, 0) is 42.6 Å². The molecule has 4 aromatic carbocycles. The number of aromatic amines is 1. The van der Waals surface area contributed by atoms with Gasteiger partial charge in [0, 0.05) is 142 Å². The zero-order valence-electron chi connectivity index (χ0n) is 71.7. The number of nitrogens with zero attached hydrogens (tertiary/aromatic N) is 8. The fourth-order valence-electron chi connectivity index (χ4n) is 15.6. The zero-order chi connectivity index (χ0) is 89.8. The number of amides is 10. The van der Waals surface area contributed by atoms with E-state index >= 15 is 0 Å². The van der Waals surface area contributed by atoms with Crippen LogP contribution in [0.2, 0.25) is 0 Å². The molecule has 5 aromatic heterocycles. The molecule has 3 saturated heterocycles. The first-order chi connectivity index (χ1) is 57.2. The van der Waals surface area contributed by atoms with E-state index < -0.39 is 81.4 Å². The lowest BCUT2D eigenvalue weighted by Crippen LogP contribution is -2.56. The average Bonchev–Trinajstić information content (AvgIpc) is 1.60. The highest BCUT2D eigenvalue weighted by molar-refractivity contribution is 6.44. The molecule has 9 aromatic rings. The predicted molar refractivity (Wildman–Crippen MR) is 449 cm³/mol. The van der Waals surface area contributed by atoms with E-state index in [0.717, 1.165) is 0 Å². The largest absolute Gasteiger partial charge is 0.367 e. The molecule has 122 heavy (non-hydrogen) atoms. The monoisotopic (exact) mass is 1680 g/mol. The van der Waals surface area contributed by atoms with Crippen LogP contribution in [0, 0.1) is 92.5 Å². The van der Waals surface area contributed by atoms with Gasteiger partial charge in [-0.05, 0) is 247 Å². The predicted octanol–water partition coefficient (Wildman–Crippen LogP) is 12.9. The van der Waals surface area contributed by atoms with E-state index in [1.54, 1.807) is 147 Å². The van der Waals surface area contributed by atoms with Crippen LogP contribution in [-0.4, -0.2) is 170 Å². The van der Waals surface area contributed by atoms with Gasteiger partial charge in [0.1, 0.15) is 35.1 Å². The molecule has 33 heteroatoms. The molecule has 1 unspecified atom stereocenters. The second-order valence-corrected chi connectivity index (χ2v) is 32.5. The Morgan fingerprint density at radius 1 is 0.418 bits per heavy atom. The number of nitrogens with one attached hydrogen (secondary N) is 8. The van der Waals surface area contributed by atoms with Gasteiger partial charge in [0.15, 0.2) is 0 Å². The molecule has 0 radical (unpaired) electrons. The van der Waals surface area contributed by atoms with Crippen LogP contribution in [0.3, 0.4) is 0 Å². The molecular weight excluding hydrogens is 1580 g/mol. The Hall–Kier alpha value is -13.1. The molecule has 0 spiro atoms. The van der Waals surface area contributed by atoms with E-state index in [-0.39, 0.29) is 80.3 Å². The fourth-order valence-corrected chi connectivity index (χ4v) is 15.6. The summed E-state index contributed by atoms with van der Waals surface area (Å²) in [5, 5.41) is 23.5. The number of Topliss-reactive ketones (excluding diaryl/α,β-unsaturated/α-hetero) is 3. The highest BCUT2D eigenvalue weighted by Gasteiger charge is 2.42. The second-order valence-electron chi connectivity index (χ2n) is 32.5. The first kappa shape index (κ1) is 91.2. The Morgan fingerprint density at radius 2 is 0.746 bits per heavy atom. The van der Waals surface area contributed by atoms with Crippen molar-refractivity contribution in [1.29, 1.82) is 0 Å². The number of benzene rings is 4. The molecule has 10 amide bonds. The summed E-state index contributed by atoms with van der Waals surface area (Å²) in [6.45, 7) is 25.3. The number of aryl methyl sites for hydroxylation is 5. The molecule has 8 N–H and O–H groups in total. The van der Waals surface area contributed by atoms with Gasteiger partial charge in [0.2, 0.25) is 0 Å². The number of hydrogen-bond acceptors (Lipinski definition) is 13. The van der Waals surface area contributed by atoms with Crippen molar-refractivity contribution in [3.8, 4) is 0 Å². The molecule has 0 bridgehead atoms. The second kappa shape index (κ2) is 36.9. The van der Waals surface area contributed by atoms with Crippen molar-refractivity contribution in [3.63, 3.8) is 0 Å². The summed E-state index contributed by atoms with van der Waals surface area (Å²) >= 11 is 0. The van der Waals surface area contributed by atoms with Gasteiger partial charge in [0.05, 0.1) is 44.9 Å². The third-order valence-corrected chi connectivity index (χ3v) is 23.4. The Kier molecular flexibility index (Phi) is 27.6. The number of rotatable bonds is 19. The van der Waals surface area contributed by atoms with Gasteiger partial charge in [-0.2, -0.15) is 5.10 Å². The highest BCUT2D eigenvalue weighted by Crippen LogP contribution is 2.33. The van der Waals surface area contributed by atoms with Crippen LogP contribution in [0.4, 0.5) is 49.5 Å². The van der Waals surface area contributed by atoms with Crippen LogP contribution in [0.1, 0.15) is 217 Å². The molecule has 8 heterocycles. The van der Waals surface area contributed by atoms with Crippen LogP contribution in [0.5, 0.6) is 0 Å². The smallest absolute Gasteiger partial charge is 0.321 e. The number of piperidine rings is 3. The van der Waals surface area contributed by atoms with E-state index in [9.17, 15) is 79.5 Å². The molecule has 1 atom stereocenters. The number of anilines is 4. The summed E-state index contributed by atoms with van der Waals surface area (Å²) < 4.78 is 74.7. The van der Waals surface area contributed by atoms with Crippen molar-refractivity contribution in [2.45, 2.75) is 158 Å².